The van der Waals surface area contributed by atoms with Crippen LogP contribution < -0.4 is 5.32 Å². The van der Waals surface area contributed by atoms with Gasteiger partial charge in [0.2, 0.25) is 10.0 Å². The molecule has 3 heterocycles. The van der Waals surface area contributed by atoms with Crippen molar-refractivity contribution < 1.29 is 8.42 Å². The maximum atomic E-state index is 12.7. The number of hydrogen-bond acceptors (Lipinski definition) is 4. The van der Waals surface area contributed by atoms with Crippen molar-refractivity contribution in [1.82, 2.24) is 19.8 Å². The minimum absolute atomic E-state index is 0.0989. The fourth-order valence-corrected chi connectivity index (χ4v) is 5.08. The zero-order chi connectivity index (χ0) is 13.5. The van der Waals surface area contributed by atoms with Crippen molar-refractivity contribution in [2.45, 2.75) is 49.6 Å². The van der Waals surface area contributed by atoms with Gasteiger partial charge in [-0.1, -0.05) is 0 Å². The van der Waals surface area contributed by atoms with Crippen LogP contribution in [-0.2, 0) is 10.0 Å². The second kappa shape index (κ2) is 4.88. The Bertz CT molecular complexity index is 548. The molecule has 2 unspecified atom stereocenters. The smallest absolute Gasteiger partial charge is 0.246 e. The molecule has 106 valence electrons. The Morgan fingerprint density at radius 1 is 1.37 bits per heavy atom. The van der Waals surface area contributed by atoms with Crippen LogP contribution in [0, 0.1) is 6.92 Å². The maximum absolute atomic E-state index is 12.7. The Labute approximate surface area is 113 Å². The zero-order valence-electron chi connectivity index (χ0n) is 11.1. The number of H-pyrrole nitrogens is 1. The van der Waals surface area contributed by atoms with Crippen LogP contribution in [0.1, 0.15) is 31.4 Å². The van der Waals surface area contributed by atoms with Crippen LogP contribution in [0.3, 0.4) is 0 Å². The first-order valence-corrected chi connectivity index (χ1v) is 8.30. The molecule has 2 saturated heterocycles. The normalized spacial score (nSPS) is 29.1. The summed E-state index contributed by atoms with van der Waals surface area (Å²) in [7, 11) is -3.41. The number of aromatic nitrogens is 2. The molecule has 2 N–H and O–H groups in total. The molecule has 2 atom stereocenters. The van der Waals surface area contributed by atoms with Crippen LogP contribution in [0.25, 0.3) is 0 Å². The van der Waals surface area contributed by atoms with E-state index in [1.165, 1.54) is 6.20 Å². The van der Waals surface area contributed by atoms with Crippen LogP contribution in [-0.4, -0.2) is 48.1 Å². The predicted octanol–water partition coefficient (Wildman–Crippen LogP) is 0.623. The number of nitrogens with one attached hydrogen (secondary N) is 2. The Morgan fingerprint density at radius 2 is 2.21 bits per heavy atom. The molecule has 0 radical (unpaired) electrons. The molecule has 0 amide bonds. The minimum Gasteiger partial charge on any atom is -0.312 e. The lowest BCUT2D eigenvalue weighted by Gasteiger charge is -2.28. The van der Waals surface area contributed by atoms with Gasteiger partial charge in [0, 0.05) is 18.6 Å². The molecule has 2 fully saturated rings. The summed E-state index contributed by atoms with van der Waals surface area (Å²) >= 11 is 0. The summed E-state index contributed by atoms with van der Waals surface area (Å²) in [6.07, 6.45) is 5.52. The molecule has 2 aliphatic heterocycles. The molecular weight excluding hydrogens is 264 g/mol. The van der Waals surface area contributed by atoms with Crippen molar-refractivity contribution in [2.24, 2.45) is 0 Å². The van der Waals surface area contributed by atoms with Crippen LogP contribution in [0.15, 0.2) is 11.1 Å². The van der Waals surface area contributed by atoms with Gasteiger partial charge in [-0.2, -0.15) is 9.40 Å². The van der Waals surface area contributed by atoms with Crippen molar-refractivity contribution in [1.29, 1.82) is 0 Å². The molecule has 0 aliphatic carbocycles. The Morgan fingerprint density at radius 3 is 2.84 bits per heavy atom. The Balaban J connectivity index is 1.90. The highest BCUT2D eigenvalue weighted by atomic mass is 32.2. The first-order valence-electron chi connectivity index (χ1n) is 6.86. The molecule has 1 aromatic heterocycles. The highest BCUT2D eigenvalue weighted by molar-refractivity contribution is 7.89. The summed E-state index contributed by atoms with van der Waals surface area (Å²) in [5, 5.41) is 9.98. The van der Waals surface area contributed by atoms with Gasteiger partial charge in [0.15, 0.2) is 0 Å². The minimum atomic E-state index is -3.41. The van der Waals surface area contributed by atoms with E-state index in [2.05, 4.69) is 15.5 Å². The Kier molecular flexibility index (Phi) is 3.36. The molecule has 0 aromatic carbocycles. The van der Waals surface area contributed by atoms with Gasteiger partial charge >= 0.3 is 0 Å². The van der Waals surface area contributed by atoms with E-state index in [0.29, 0.717) is 23.2 Å². The number of nitrogens with zero attached hydrogens (tertiary/aromatic N) is 2. The summed E-state index contributed by atoms with van der Waals surface area (Å²) in [5.41, 5.74) is 0.616. The standard InChI is InChI=1S/C12H20N4O2S/c1-9-12(8-14-15-9)19(17,18)16-7-3-5-11(16)10-4-2-6-13-10/h8,10-11,13H,2-7H2,1H3,(H,14,15). The molecular formula is C12H20N4O2S. The summed E-state index contributed by atoms with van der Waals surface area (Å²) in [5.74, 6) is 0. The third-order valence-electron chi connectivity index (χ3n) is 4.18. The molecule has 3 rings (SSSR count). The second-order valence-corrected chi connectivity index (χ2v) is 7.25. The van der Waals surface area contributed by atoms with E-state index in [-0.39, 0.29) is 6.04 Å². The van der Waals surface area contributed by atoms with Gasteiger partial charge in [0.25, 0.3) is 0 Å². The van der Waals surface area contributed by atoms with E-state index in [9.17, 15) is 8.42 Å². The van der Waals surface area contributed by atoms with E-state index >= 15 is 0 Å². The van der Waals surface area contributed by atoms with E-state index in [1.54, 1.807) is 11.2 Å². The van der Waals surface area contributed by atoms with Gasteiger partial charge in [-0.25, -0.2) is 8.42 Å². The maximum Gasteiger partial charge on any atom is 0.246 e. The average Bonchev–Trinajstić information content (AvgIpc) is 3.09. The molecule has 19 heavy (non-hydrogen) atoms. The molecule has 7 heteroatoms. The molecule has 0 bridgehead atoms. The van der Waals surface area contributed by atoms with E-state index in [0.717, 1.165) is 32.2 Å². The molecule has 6 nitrogen and oxygen atoms in total. The molecule has 0 saturated carbocycles. The first-order chi connectivity index (χ1) is 9.10. The van der Waals surface area contributed by atoms with E-state index in [4.69, 9.17) is 0 Å². The van der Waals surface area contributed by atoms with Crippen LogP contribution >= 0.6 is 0 Å². The average molecular weight is 284 g/mol. The number of rotatable bonds is 3. The quantitative estimate of drug-likeness (QED) is 0.853. The number of aryl methyl sites for hydroxylation is 1. The number of hydrogen-bond donors (Lipinski definition) is 2. The first kappa shape index (κ1) is 13.1. The van der Waals surface area contributed by atoms with Crippen molar-refractivity contribution in [3.63, 3.8) is 0 Å². The van der Waals surface area contributed by atoms with Crippen LogP contribution in [0.4, 0.5) is 0 Å². The fourth-order valence-electron chi connectivity index (χ4n) is 3.23. The highest BCUT2D eigenvalue weighted by Gasteiger charge is 2.41. The second-order valence-electron chi connectivity index (χ2n) is 5.39. The van der Waals surface area contributed by atoms with E-state index in [1.807, 2.05) is 0 Å². The van der Waals surface area contributed by atoms with Crippen molar-refractivity contribution in [2.75, 3.05) is 13.1 Å². The van der Waals surface area contributed by atoms with Gasteiger partial charge in [-0.15, -0.1) is 0 Å². The van der Waals surface area contributed by atoms with Crippen LogP contribution in [0.5, 0.6) is 0 Å². The summed E-state index contributed by atoms with van der Waals surface area (Å²) in [6, 6.07) is 0.409. The summed E-state index contributed by atoms with van der Waals surface area (Å²) in [4.78, 5) is 0.317. The molecule has 1 aromatic rings. The van der Waals surface area contributed by atoms with Crippen molar-refractivity contribution >= 4 is 10.0 Å². The fraction of sp³-hybridized carbons (Fsp3) is 0.750. The van der Waals surface area contributed by atoms with Gasteiger partial charge in [0.1, 0.15) is 4.90 Å². The third kappa shape index (κ3) is 2.19. The lowest BCUT2D eigenvalue weighted by atomic mass is 10.1. The van der Waals surface area contributed by atoms with Gasteiger partial charge in [0.05, 0.1) is 11.9 Å². The number of sulfonamides is 1. The van der Waals surface area contributed by atoms with Crippen LogP contribution in [0.2, 0.25) is 0 Å². The van der Waals surface area contributed by atoms with Gasteiger partial charge in [-0.05, 0) is 39.2 Å². The molecule has 0 spiro atoms. The predicted molar refractivity (Wildman–Crippen MR) is 71.3 cm³/mol. The van der Waals surface area contributed by atoms with Gasteiger partial charge in [-0.3, -0.25) is 5.10 Å². The van der Waals surface area contributed by atoms with Gasteiger partial charge < -0.3 is 5.32 Å². The summed E-state index contributed by atoms with van der Waals surface area (Å²) < 4.78 is 27.1. The highest BCUT2D eigenvalue weighted by Crippen LogP contribution is 2.30. The number of aromatic amines is 1. The lowest BCUT2D eigenvalue weighted by molar-refractivity contribution is 0.322. The third-order valence-corrected chi connectivity index (χ3v) is 6.22. The van der Waals surface area contributed by atoms with Crippen molar-refractivity contribution in [3.05, 3.63) is 11.9 Å². The molecule has 2 aliphatic rings. The monoisotopic (exact) mass is 284 g/mol. The lowest BCUT2D eigenvalue weighted by Crippen LogP contribution is -2.46. The topological polar surface area (TPSA) is 78.1 Å². The SMILES string of the molecule is Cc1[nH]ncc1S(=O)(=O)N1CCCC1C1CCCN1. The van der Waals surface area contributed by atoms with Crippen molar-refractivity contribution in [3.8, 4) is 0 Å². The zero-order valence-corrected chi connectivity index (χ0v) is 11.9. The Hall–Kier alpha value is -0.920. The largest absolute Gasteiger partial charge is 0.312 e. The summed E-state index contributed by atoms with van der Waals surface area (Å²) in [6.45, 7) is 3.37. The van der Waals surface area contributed by atoms with E-state index < -0.39 is 10.0 Å².